The Balaban J connectivity index is 2.09. The van der Waals surface area contributed by atoms with Gasteiger partial charge in [0.25, 0.3) is 0 Å². The minimum absolute atomic E-state index is 0.249. The van der Waals surface area contributed by atoms with E-state index in [-0.39, 0.29) is 5.79 Å². The Bertz CT molecular complexity index is 154. The van der Waals surface area contributed by atoms with Crippen molar-refractivity contribution in [2.24, 2.45) is 0 Å². The van der Waals surface area contributed by atoms with Crippen molar-refractivity contribution in [3.05, 3.63) is 0 Å². The Hall–Kier alpha value is -0.0800. The SMILES string of the molecule is C[C@H]1C[C@H]2CCC[C@@](C)(O2)O1. The van der Waals surface area contributed by atoms with E-state index < -0.39 is 0 Å². The van der Waals surface area contributed by atoms with E-state index in [4.69, 9.17) is 9.47 Å². The Morgan fingerprint density at radius 1 is 1.36 bits per heavy atom. The van der Waals surface area contributed by atoms with E-state index in [1.54, 1.807) is 0 Å². The van der Waals surface area contributed by atoms with Gasteiger partial charge in [-0.25, -0.2) is 0 Å². The first-order chi connectivity index (χ1) is 5.18. The van der Waals surface area contributed by atoms with E-state index >= 15 is 0 Å². The van der Waals surface area contributed by atoms with Gasteiger partial charge in [-0.3, -0.25) is 0 Å². The molecule has 3 atom stereocenters. The summed E-state index contributed by atoms with van der Waals surface area (Å²) in [5, 5.41) is 0. The number of rotatable bonds is 0. The first-order valence-corrected chi connectivity index (χ1v) is 4.54. The number of ether oxygens (including phenoxy) is 2. The minimum atomic E-state index is -0.249. The van der Waals surface area contributed by atoms with E-state index in [9.17, 15) is 0 Å². The van der Waals surface area contributed by atoms with Gasteiger partial charge in [-0.15, -0.1) is 0 Å². The van der Waals surface area contributed by atoms with Crippen LogP contribution in [0, 0.1) is 0 Å². The third-order valence-electron chi connectivity index (χ3n) is 2.62. The summed E-state index contributed by atoms with van der Waals surface area (Å²) in [6.45, 7) is 4.20. The normalized spacial score (nSPS) is 50.7. The van der Waals surface area contributed by atoms with Gasteiger partial charge in [-0.05, 0) is 33.1 Å². The van der Waals surface area contributed by atoms with Crippen molar-refractivity contribution in [3.63, 3.8) is 0 Å². The lowest BCUT2D eigenvalue weighted by molar-refractivity contribution is -0.323. The third kappa shape index (κ3) is 1.42. The maximum atomic E-state index is 5.76. The Morgan fingerprint density at radius 3 is 2.91 bits per heavy atom. The zero-order valence-electron chi connectivity index (χ0n) is 7.30. The molecule has 2 nitrogen and oxygen atoms in total. The molecular weight excluding hydrogens is 140 g/mol. The first-order valence-electron chi connectivity index (χ1n) is 4.54. The summed E-state index contributed by atoms with van der Waals surface area (Å²) >= 11 is 0. The fourth-order valence-corrected chi connectivity index (χ4v) is 2.22. The molecule has 0 aromatic rings. The average molecular weight is 156 g/mol. The van der Waals surface area contributed by atoms with E-state index in [0.717, 1.165) is 12.8 Å². The van der Waals surface area contributed by atoms with Crippen molar-refractivity contribution < 1.29 is 9.47 Å². The molecular formula is C9H16O2. The molecule has 11 heavy (non-hydrogen) atoms. The fraction of sp³-hybridized carbons (Fsp3) is 1.00. The predicted molar refractivity (Wildman–Crippen MR) is 42.3 cm³/mol. The van der Waals surface area contributed by atoms with E-state index in [1.807, 2.05) is 0 Å². The second-order valence-electron chi connectivity index (χ2n) is 3.93. The van der Waals surface area contributed by atoms with Crippen molar-refractivity contribution in [2.75, 3.05) is 0 Å². The molecule has 2 heterocycles. The molecule has 0 saturated carbocycles. The van der Waals surface area contributed by atoms with Crippen LogP contribution in [0.2, 0.25) is 0 Å². The molecule has 2 rings (SSSR count). The van der Waals surface area contributed by atoms with Crippen molar-refractivity contribution >= 4 is 0 Å². The van der Waals surface area contributed by atoms with Crippen LogP contribution in [0.1, 0.15) is 39.5 Å². The van der Waals surface area contributed by atoms with E-state index in [0.29, 0.717) is 12.2 Å². The van der Waals surface area contributed by atoms with Gasteiger partial charge in [0, 0.05) is 6.42 Å². The molecule has 0 aliphatic carbocycles. The Kier molecular flexibility index (Phi) is 1.69. The van der Waals surface area contributed by atoms with Crippen molar-refractivity contribution in [1.82, 2.24) is 0 Å². The van der Waals surface area contributed by atoms with Crippen LogP contribution >= 0.6 is 0 Å². The van der Waals surface area contributed by atoms with Crippen molar-refractivity contribution in [2.45, 2.75) is 57.5 Å². The van der Waals surface area contributed by atoms with Crippen LogP contribution in [0.4, 0.5) is 0 Å². The van der Waals surface area contributed by atoms with Gasteiger partial charge in [0.05, 0.1) is 12.2 Å². The van der Waals surface area contributed by atoms with Gasteiger partial charge in [0.2, 0.25) is 0 Å². The maximum Gasteiger partial charge on any atom is 0.166 e. The standard InChI is InChI=1S/C9H16O2/c1-7-6-8-4-3-5-9(2,10-7)11-8/h7-8H,3-6H2,1-2H3/t7-,8+,9+/m0/s1. The molecule has 0 radical (unpaired) electrons. The van der Waals surface area contributed by atoms with Gasteiger partial charge in [0.15, 0.2) is 5.79 Å². The zero-order valence-corrected chi connectivity index (χ0v) is 7.30. The van der Waals surface area contributed by atoms with Crippen LogP contribution in [-0.4, -0.2) is 18.0 Å². The average Bonchev–Trinajstić information content (AvgIpc) is 1.82. The fourth-order valence-electron chi connectivity index (χ4n) is 2.22. The molecule has 2 bridgehead atoms. The largest absolute Gasteiger partial charge is 0.347 e. The highest BCUT2D eigenvalue weighted by Gasteiger charge is 2.40. The zero-order chi connectivity index (χ0) is 7.90. The number of fused-ring (bicyclic) bond motifs is 2. The van der Waals surface area contributed by atoms with Gasteiger partial charge in [0.1, 0.15) is 0 Å². The molecule has 0 unspecified atom stereocenters. The Labute approximate surface area is 67.9 Å². The topological polar surface area (TPSA) is 18.5 Å². The molecule has 2 aliphatic heterocycles. The van der Waals surface area contributed by atoms with Crippen LogP contribution in [0.15, 0.2) is 0 Å². The summed E-state index contributed by atoms with van der Waals surface area (Å²) in [4.78, 5) is 0. The van der Waals surface area contributed by atoms with E-state index in [1.165, 1.54) is 12.8 Å². The minimum Gasteiger partial charge on any atom is -0.347 e. The summed E-state index contributed by atoms with van der Waals surface area (Å²) in [7, 11) is 0. The maximum absolute atomic E-state index is 5.76. The lowest BCUT2D eigenvalue weighted by Crippen LogP contribution is -2.48. The van der Waals surface area contributed by atoms with Crippen LogP contribution in [0.3, 0.4) is 0 Å². The first kappa shape index (κ1) is 7.56. The van der Waals surface area contributed by atoms with Gasteiger partial charge in [-0.1, -0.05) is 0 Å². The van der Waals surface area contributed by atoms with E-state index in [2.05, 4.69) is 13.8 Å². The molecule has 0 aromatic carbocycles. The lowest BCUT2D eigenvalue weighted by atomic mass is 9.96. The van der Waals surface area contributed by atoms with Gasteiger partial charge < -0.3 is 9.47 Å². The monoisotopic (exact) mass is 156 g/mol. The van der Waals surface area contributed by atoms with Crippen LogP contribution in [-0.2, 0) is 9.47 Å². The third-order valence-corrected chi connectivity index (χ3v) is 2.62. The van der Waals surface area contributed by atoms with Crippen molar-refractivity contribution in [3.8, 4) is 0 Å². The lowest BCUT2D eigenvalue weighted by Gasteiger charge is -2.45. The van der Waals surface area contributed by atoms with Gasteiger partial charge in [-0.2, -0.15) is 0 Å². The quantitative estimate of drug-likeness (QED) is 0.534. The number of hydrogen-bond acceptors (Lipinski definition) is 2. The summed E-state index contributed by atoms with van der Waals surface area (Å²) in [6, 6.07) is 0. The van der Waals surface area contributed by atoms with Gasteiger partial charge >= 0.3 is 0 Å². The van der Waals surface area contributed by atoms with Crippen LogP contribution in [0.5, 0.6) is 0 Å². The Morgan fingerprint density at radius 2 is 2.18 bits per heavy atom. The molecule has 64 valence electrons. The summed E-state index contributed by atoms with van der Waals surface area (Å²) < 4.78 is 11.5. The molecule has 0 spiro atoms. The predicted octanol–water partition coefficient (Wildman–Crippen LogP) is 2.08. The summed E-state index contributed by atoms with van der Waals surface area (Å²) in [5.74, 6) is -0.249. The molecule has 0 amide bonds. The van der Waals surface area contributed by atoms with Crippen LogP contribution < -0.4 is 0 Å². The summed E-state index contributed by atoms with van der Waals surface area (Å²) in [5.41, 5.74) is 0. The van der Waals surface area contributed by atoms with Crippen molar-refractivity contribution in [1.29, 1.82) is 0 Å². The second-order valence-corrected chi connectivity index (χ2v) is 3.93. The molecule has 2 heteroatoms. The molecule has 2 aliphatic rings. The molecule has 2 saturated heterocycles. The highest BCUT2D eigenvalue weighted by atomic mass is 16.7. The smallest absolute Gasteiger partial charge is 0.166 e. The second kappa shape index (κ2) is 2.46. The molecule has 0 N–H and O–H groups in total. The van der Waals surface area contributed by atoms with Crippen LogP contribution in [0.25, 0.3) is 0 Å². The highest BCUT2D eigenvalue weighted by molar-refractivity contribution is 4.81. The molecule has 2 fully saturated rings. The summed E-state index contributed by atoms with van der Waals surface area (Å²) in [6.07, 6.45) is 5.48. The molecule has 0 aromatic heterocycles. The number of hydrogen-bond donors (Lipinski definition) is 0. The highest BCUT2D eigenvalue weighted by Crippen LogP contribution is 2.37.